The Balaban J connectivity index is 1.40. The molecule has 27 heavy (non-hydrogen) atoms. The Bertz CT molecular complexity index is 1140. The average Bonchev–Trinajstić information content (AvgIpc) is 3.23. The Hall–Kier alpha value is -2.38. The van der Waals surface area contributed by atoms with Crippen LogP contribution in [0.15, 0.2) is 60.6 Å². The lowest BCUT2D eigenvalue weighted by molar-refractivity contribution is 0.153. The molecule has 0 N–H and O–H groups in total. The van der Waals surface area contributed by atoms with Gasteiger partial charge in [0.15, 0.2) is 17.1 Å². The zero-order valence-corrected chi connectivity index (χ0v) is 16.2. The van der Waals surface area contributed by atoms with Gasteiger partial charge in [0.25, 0.3) is 0 Å². The van der Waals surface area contributed by atoms with E-state index in [9.17, 15) is 4.79 Å². The molecule has 0 aliphatic carbocycles. The minimum atomic E-state index is -0.327. The monoisotopic (exact) mass is 427 g/mol. The second-order valence-corrected chi connectivity index (χ2v) is 7.90. The fraction of sp³-hybridized carbons (Fsp3) is 0.300. The number of halogens is 1. The molecular weight excluding hydrogens is 410 g/mol. The van der Waals surface area contributed by atoms with E-state index in [1.165, 1.54) is 0 Å². The van der Waals surface area contributed by atoms with E-state index in [4.69, 9.17) is 8.83 Å². The molecule has 1 aliphatic rings. The number of aromatic nitrogens is 2. The highest BCUT2D eigenvalue weighted by molar-refractivity contribution is 9.10. The van der Waals surface area contributed by atoms with Gasteiger partial charge < -0.3 is 8.83 Å². The van der Waals surface area contributed by atoms with E-state index >= 15 is 0 Å². The van der Waals surface area contributed by atoms with Crippen molar-refractivity contribution in [2.75, 3.05) is 13.1 Å². The smallest absolute Gasteiger partial charge is 0.421 e. The van der Waals surface area contributed by atoms with Crippen molar-refractivity contribution in [1.82, 2.24) is 14.5 Å². The number of rotatable bonds is 3. The maximum atomic E-state index is 12.3. The van der Waals surface area contributed by atoms with Gasteiger partial charge in [-0.25, -0.2) is 9.78 Å². The van der Waals surface area contributed by atoms with Crippen LogP contribution in [0, 0.1) is 0 Å². The summed E-state index contributed by atoms with van der Waals surface area (Å²) < 4.78 is 13.9. The van der Waals surface area contributed by atoms with E-state index in [0.29, 0.717) is 12.3 Å². The third kappa shape index (κ3) is 3.11. The first-order chi connectivity index (χ1) is 13.2. The van der Waals surface area contributed by atoms with E-state index < -0.39 is 0 Å². The van der Waals surface area contributed by atoms with E-state index in [1.54, 1.807) is 4.57 Å². The summed E-state index contributed by atoms with van der Waals surface area (Å²) >= 11 is 3.41. The largest absolute Gasteiger partial charge is 0.440 e. The average molecular weight is 428 g/mol. The lowest BCUT2D eigenvalue weighted by Crippen LogP contribution is -2.37. The zero-order chi connectivity index (χ0) is 18.4. The summed E-state index contributed by atoms with van der Waals surface area (Å²) in [5.74, 6) is 0.690. The van der Waals surface area contributed by atoms with Crippen molar-refractivity contribution in [3.05, 3.63) is 63.4 Å². The van der Waals surface area contributed by atoms with E-state index in [2.05, 4.69) is 25.8 Å². The minimum Gasteiger partial charge on any atom is -0.440 e. The molecule has 4 aromatic rings. The van der Waals surface area contributed by atoms with Crippen molar-refractivity contribution in [1.29, 1.82) is 0 Å². The molecule has 0 unspecified atom stereocenters. The van der Waals surface area contributed by atoms with Crippen LogP contribution in [-0.2, 0) is 6.67 Å². The molecule has 1 atom stereocenters. The topological polar surface area (TPSA) is 64.4 Å². The van der Waals surface area contributed by atoms with Gasteiger partial charge in [-0.2, -0.15) is 0 Å². The number of nitrogens with zero attached hydrogens (tertiary/aromatic N) is 3. The maximum Gasteiger partial charge on any atom is 0.421 e. The van der Waals surface area contributed by atoms with Gasteiger partial charge in [-0.1, -0.05) is 28.1 Å². The van der Waals surface area contributed by atoms with Crippen molar-refractivity contribution < 1.29 is 8.83 Å². The molecule has 0 spiro atoms. The van der Waals surface area contributed by atoms with Crippen molar-refractivity contribution in [2.24, 2.45) is 0 Å². The number of piperidine rings is 1. The summed E-state index contributed by atoms with van der Waals surface area (Å²) in [5.41, 5.74) is 3.13. The molecule has 0 amide bonds. The highest BCUT2D eigenvalue weighted by Gasteiger charge is 2.26. The van der Waals surface area contributed by atoms with Crippen molar-refractivity contribution in [2.45, 2.75) is 25.4 Å². The Kier molecular flexibility index (Phi) is 4.13. The second-order valence-electron chi connectivity index (χ2n) is 6.99. The van der Waals surface area contributed by atoms with Gasteiger partial charge in [0.1, 0.15) is 5.52 Å². The van der Waals surface area contributed by atoms with Crippen LogP contribution in [0.5, 0.6) is 0 Å². The van der Waals surface area contributed by atoms with Crippen LogP contribution in [0.1, 0.15) is 24.7 Å². The summed E-state index contributed by atoms with van der Waals surface area (Å²) in [7, 11) is 0. The number of hydrogen-bond donors (Lipinski definition) is 0. The third-order valence-electron chi connectivity index (χ3n) is 5.14. The molecule has 0 radical (unpaired) electrons. The van der Waals surface area contributed by atoms with Crippen LogP contribution < -0.4 is 5.76 Å². The van der Waals surface area contributed by atoms with Crippen LogP contribution in [0.2, 0.25) is 0 Å². The predicted molar refractivity (Wildman–Crippen MR) is 106 cm³/mol. The van der Waals surface area contributed by atoms with Crippen LogP contribution in [0.3, 0.4) is 0 Å². The van der Waals surface area contributed by atoms with Crippen LogP contribution in [0.25, 0.3) is 22.2 Å². The van der Waals surface area contributed by atoms with Crippen LogP contribution in [0.4, 0.5) is 0 Å². The summed E-state index contributed by atoms with van der Waals surface area (Å²) in [6.45, 7) is 2.25. The molecule has 1 fully saturated rings. The first kappa shape index (κ1) is 16.8. The number of fused-ring (bicyclic) bond motifs is 2. The number of hydrogen-bond acceptors (Lipinski definition) is 5. The summed E-state index contributed by atoms with van der Waals surface area (Å²) in [6, 6.07) is 13.5. The highest BCUT2D eigenvalue weighted by Crippen LogP contribution is 2.29. The van der Waals surface area contributed by atoms with Gasteiger partial charge in [0, 0.05) is 16.9 Å². The fourth-order valence-corrected chi connectivity index (χ4v) is 4.16. The molecule has 2 aromatic carbocycles. The fourth-order valence-electron chi connectivity index (χ4n) is 3.82. The van der Waals surface area contributed by atoms with Gasteiger partial charge in [0.05, 0.1) is 12.2 Å². The number of oxazole rings is 2. The number of para-hydroxylation sites is 2. The van der Waals surface area contributed by atoms with Crippen molar-refractivity contribution in [3.8, 4) is 0 Å². The summed E-state index contributed by atoms with van der Waals surface area (Å²) in [5, 5.41) is 0. The van der Waals surface area contributed by atoms with Crippen molar-refractivity contribution in [3.63, 3.8) is 0 Å². The zero-order valence-electron chi connectivity index (χ0n) is 14.6. The lowest BCUT2D eigenvalue weighted by atomic mass is 9.98. The molecular formula is C20H18BrN3O3. The number of benzene rings is 2. The van der Waals surface area contributed by atoms with Gasteiger partial charge in [-0.3, -0.25) is 9.47 Å². The quantitative estimate of drug-likeness (QED) is 0.486. The Morgan fingerprint density at radius 3 is 2.93 bits per heavy atom. The molecule has 7 heteroatoms. The first-order valence-corrected chi connectivity index (χ1v) is 9.83. The Morgan fingerprint density at radius 1 is 1.15 bits per heavy atom. The van der Waals surface area contributed by atoms with E-state index in [1.807, 2.05) is 42.5 Å². The highest BCUT2D eigenvalue weighted by atomic mass is 79.9. The lowest BCUT2D eigenvalue weighted by Gasteiger charge is -2.31. The molecule has 1 saturated heterocycles. The van der Waals surface area contributed by atoms with E-state index in [0.717, 1.165) is 52.9 Å². The van der Waals surface area contributed by atoms with Crippen molar-refractivity contribution >= 4 is 38.1 Å². The maximum absolute atomic E-state index is 12.3. The van der Waals surface area contributed by atoms with Gasteiger partial charge in [-0.15, -0.1) is 0 Å². The molecule has 1 aliphatic heterocycles. The molecule has 2 aromatic heterocycles. The number of likely N-dealkylation sites (tertiary alicyclic amines) is 1. The molecule has 5 rings (SSSR count). The van der Waals surface area contributed by atoms with Crippen LogP contribution in [-0.4, -0.2) is 27.5 Å². The standard InChI is InChI=1S/C20H18BrN3O3/c21-14-7-8-16-18(10-14)27-20(25)24(16)12-23-9-3-4-13(11-23)19-22-15-5-1-2-6-17(15)26-19/h1-2,5-8,10,13H,3-4,9,11-12H2/t13-/m1/s1. The minimum absolute atomic E-state index is 0.231. The third-order valence-corrected chi connectivity index (χ3v) is 5.63. The normalized spacial score (nSPS) is 18.5. The second kappa shape index (κ2) is 6.65. The van der Waals surface area contributed by atoms with Gasteiger partial charge in [-0.05, 0) is 49.7 Å². The molecule has 6 nitrogen and oxygen atoms in total. The van der Waals surface area contributed by atoms with Gasteiger partial charge >= 0.3 is 5.76 Å². The van der Waals surface area contributed by atoms with Gasteiger partial charge in [0.2, 0.25) is 0 Å². The molecule has 138 valence electrons. The first-order valence-electron chi connectivity index (χ1n) is 9.04. The Labute approximate surface area is 163 Å². The van der Waals surface area contributed by atoms with Crippen LogP contribution >= 0.6 is 15.9 Å². The molecule has 0 saturated carbocycles. The Morgan fingerprint density at radius 2 is 2.04 bits per heavy atom. The molecule has 0 bridgehead atoms. The SMILES string of the molecule is O=c1oc2cc(Br)ccc2n1CN1CCC[C@@H](c2nc3ccccc3o2)C1. The summed E-state index contributed by atoms with van der Waals surface area (Å²) in [6.07, 6.45) is 2.08. The predicted octanol–water partition coefficient (Wildman–Crippen LogP) is 4.34. The molecule has 3 heterocycles. The van der Waals surface area contributed by atoms with E-state index in [-0.39, 0.29) is 11.7 Å². The summed E-state index contributed by atoms with van der Waals surface area (Å²) in [4.78, 5) is 19.2.